The van der Waals surface area contributed by atoms with Gasteiger partial charge in [-0.1, -0.05) is 6.07 Å². The standard InChI is InChI=1S/C14H21BN2O6/c1-14(2,3)23-13(19)17-11(6-12(18)22-4)9-5-10(15(20)21)8-16-7-9/h5,7-8,11,20-21H,6H2,1-4H3,(H,17,19). The summed E-state index contributed by atoms with van der Waals surface area (Å²) < 4.78 is 9.77. The summed E-state index contributed by atoms with van der Waals surface area (Å²) in [5.41, 5.74) is -0.128. The van der Waals surface area contributed by atoms with Crippen molar-refractivity contribution in [2.75, 3.05) is 7.11 Å². The van der Waals surface area contributed by atoms with E-state index in [1.165, 1.54) is 25.6 Å². The van der Waals surface area contributed by atoms with E-state index in [1.807, 2.05) is 0 Å². The van der Waals surface area contributed by atoms with Crippen molar-refractivity contribution in [1.82, 2.24) is 10.3 Å². The summed E-state index contributed by atoms with van der Waals surface area (Å²) in [6.07, 6.45) is 1.83. The van der Waals surface area contributed by atoms with Crippen LogP contribution in [0.2, 0.25) is 0 Å². The number of esters is 1. The fourth-order valence-electron chi connectivity index (χ4n) is 1.76. The van der Waals surface area contributed by atoms with E-state index in [2.05, 4.69) is 15.0 Å². The van der Waals surface area contributed by atoms with Crippen LogP contribution in [0.1, 0.15) is 38.8 Å². The van der Waals surface area contributed by atoms with E-state index < -0.39 is 30.8 Å². The second kappa shape index (κ2) is 7.93. The normalized spacial score (nSPS) is 12.3. The highest BCUT2D eigenvalue weighted by Crippen LogP contribution is 2.17. The minimum absolute atomic E-state index is 0.142. The number of hydrogen-bond acceptors (Lipinski definition) is 7. The van der Waals surface area contributed by atoms with Gasteiger partial charge in [0.1, 0.15) is 5.60 Å². The molecule has 0 aromatic carbocycles. The van der Waals surface area contributed by atoms with Crippen molar-refractivity contribution in [3.63, 3.8) is 0 Å². The molecule has 0 radical (unpaired) electrons. The molecule has 1 heterocycles. The second-order valence-electron chi connectivity index (χ2n) is 5.90. The number of rotatable bonds is 5. The zero-order chi connectivity index (χ0) is 17.6. The summed E-state index contributed by atoms with van der Waals surface area (Å²) in [7, 11) is -0.471. The van der Waals surface area contributed by atoms with E-state index in [0.717, 1.165) is 0 Å². The molecule has 0 fully saturated rings. The highest BCUT2D eigenvalue weighted by Gasteiger charge is 2.24. The average molecular weight is 324 g/mol. The van der Waals surface area contributed by atoms with Gasteiger partial charge in [0.2, 0.25) is 0 Å². The number of aromatic nitrogens is 1. The molecule has 0 aliphatic rings. The topological polar surface area (TPSA) is 118 Å². The molecule has 1 aromatic heterocycles. The first-order valence-corrected chi connectivity index (χ1v) is 6.99. The number of hydrogen-bond donors (Lipinski definition) is 3. The molecular formula is C14H21BN2O6. The molecule has 1 unspecified atom stereocenters. The summed E-state index contributed by atoms with van der Waals surface area (Å²) in [5.74, 6) is -0.541. The predicted molar refractivity (Wildman–Crippen MR) is 82.8 cm³/mol. The van der Waals surface area contributed by atoms with Crippen LogP contribution in [0, 0.1) is 0 Å². The van der Waals surface area contributed by atoms with Crippen LogP contribution in [0.25, 0.3) is 0 Å². The maximum Gasteiger partial charge on any atom is 0.490 e. The van der Waals surface area contributed by atoms with Gasteiger partial charge in [-0.3, -0.25) is 9.78 Å². The Balaban J connectivity index is 2.98. The number of methoxy groups -OCH3 is 1. The van der Waals surface area contributed by atoms with Gasteiger partial charge in [0, 0.05) is 17.9 Å². The SMILES string of the molecule is COC(=O)CC(NC(=O)OC(C)(C)C)c1cncc(B(O)O)c1. The van der Waals surface area contributed by atoms with Crippen molar-refractivity contribution in [3.8, 4) is 0 Å². The molecule has 0 aliphatic heterocycles. The monoisotopic (exact) mass is 324 g/mol. The third-order valence-corrected chi connectivity index (χ3v) is 2.77. The molecule has 9 heteroatoms. The number of carbonyl (C=O) groups is 2. The molecular weight excluding hydrogens is 303 g/mol. The van der Waals surface area contributed by atoms with Crippen molar-refractivity contribution >= 4 is 24.6 Å². The Hall–Kier alpha value is -2.13. The van der Waals surface area contributed by atoms with Crippen LogP contribution in [0.3, 0.4) is 0 Å². The van der Waals surface area contributed by atoms with Crippen molar-refractivity contribution in [1.29, 1.82) is 0 Å². The van der Waals surface area contributed by atoms with Crippen molar-refractivity contribution in [2.45, 2.75) is 38.8 Å². The summed E-state index contributed by atoms with van der Waals surface area (Å²) >= 11 is 0. The van der Waals surface area contributed by atoms with Gasteiger partial charge in [-0.05, 0) is 26.3 Å². The minimum atomic E-state index is -1.71. The number of pyridine rings is 1. The first kappa shape index (κ1) is 18.9. The fourth-order valence-corrected chi connectivity index (χ4v) is 1.76. The number of nitrogens with zero attached hydrogens (tertiary/aromatic N) is 1. The van der Waals surface area contributed by atoms with Gasteiger partial charge in [0.25, 0.3) is 0 Å². The summed E-state index contributed by atoms with van der Waals surface area (Å²) in [6.45, 7) is 5.14. The molecule has 1 atom stereocenters. The van der Waals surface area contributed by atoms with E-state index in [4.69, 9.17) is 4.74 Å². The van der Waals surface area contributed by atoms with Gasteiger partial charge >= 0.3 is 19.2 Å². The van der Waals surface area contributed by atoms with E-state index in [9.17, 15) is 19.6 Å². The zero-order valence-corrected chi connectivity index (χ0v) is 13.6. The Morgan fingerprint density at radius 2 is 2.00 bits per heavy atom. The third kappa shape index (κ3) is 6.66. The smallest absolute Gasteiger partial charge is 0.469 e. The van der Waals surface area contributed by atoms with E-state index >= 15 is 0 Å². The first-order chi connectivity index (χ1) is 10.6. The van der Waals surface area contributed by atoms with E-state index in [0.29, 0.717) is 5.56 Å². The lowest BCUT2D eigenvalue weighted by Crippen LogP contribution is -2.37. The van der Waals surface area contributed by atoms with Crippen LogP contribution in [-0.2, 0) is 14.3 Å². The molecule has 1 aromatic rings. The van der Waals surface area contributed by atoms with Crippen LogP contribution in [0.4, 0.5) is 4.79 Å². The lowest BCUT2D eigenvalue weighted by atomic mass is 9.80. The lowest BCUT2D eigenvalue weighted by Gasteiger charge is -2.23. The summed E-state index contributed by atoms with van der Waals surface area (Å²) in [6, 6.07) is 0.659. The molecule has 0 saturated carbocycles. The van der Waals surface area contributed by atoms with Crippen LogP contribution in [0.5, 0.6) is 0 Å². The van der Waals surface area contributed by atoms with Crippen LogP contribution in [-0.4, -0.2) is 46.9 Å². The Bertz CT molecular complexity index is 558. The Morgan fingerprint density at radius 3 is 2.52 bits per heavy atom. The van der Waals surface area contributed by atoms with Gasteiger partial charge in [-0.2, -0.15) is 0 Å². The molecule has 3 N–H and O–H groups in total. The molecule has 0 aliphatic carbocycles. The minimum Gasteiger partial charge on any atom is -0.469 e. The van der Waals surface area contributed by atoms with Crippen molar-refractivity contribution in [2.24, 2.45) is 0 Å². The second-order valence-corrected chi connectivity index (χ2v) is 5.90. The number of nitrogens with one attached hydrogen (secondary N) is 1. The Kier molecular flexibility index (Phi) is 6.53. The Morgan fingerprint density at radius 1 is 1.35 bits per heavy atom. The molecule has 1 rings (SSSR count). The molecule has 8 nitrogen and oxygen atoms in total. The first-order valence-electron chi connectivity index (χ1n) is 6.99. The van der Waals surface area contributed by atoms with Crippen molar-refractivity contribution in [3.05, 3.63) is 24.0 Å². The van der Waals surface area contributed by atoms with Gasteiger partial charge in [-0.25, -0.2) is 4.79 Å². The van der Waals surface area contributed by atoms with E-state index in [1.54, 1.807) is 20.8 Å². The molecule has 0 spiro atoms. The predicted octanol–water partition coefficient (Wildman–Crippen LogP) is -0.110. The molecule has 1 amide bonds. The number of carbonyl (C=O) groups excluding carboxylic acids is 2. The maximum absolute atomic E-state index is 11.9. The van der Waals surface area contributed by atoms with Gasteiger partial charge in [-0.15, -0.1) is 0 Å². The van der Waals surface area contributed by atoms with Gasteiger partial charge in [0.05, 0.1) is 19.6 Å². The highest BCUT2D eigenvalue weighted by molar-refractivity contribution is 6.58. The molecule has 23 heavy (non-hydrogen) atoms. The number of amides is 1. The molecule has 0 saturated heterocycles. The largest absolute Gasteiger partial charge is 0.490 e. The number of ether oxygens (including phenoxy) is 2. The Labute approximate surface area is 135 Å². The van der Waals surface area contributed by atoms with Crippen LogP contribution in [0.15, 0.2) is 18.5 Å². The lowest BCUT2D eigenvalue weighted by molar-refractivity contribution is -0.141. The van der Waals surface area contributed by atoms with Gasteiger partial charge < -0.3 is 24.8 Å². The molecule has 126 valence electrons. The maximum atomic E-state index is 11.9. The average Bonchev–Trinajstić information content (AvgIpc) is 2.44. The highest BCUT2D eigenvalue weighted by atomic mass is 16.6. The summed E-state index contributed by atoms with van der Waals surface area (Å²) in [4.78, 5) is 27.4. The van der Waals surface area contributed by atoms with Crippen LogP contribution < -0.4 is 10.8 Å². The van der Waals surface area contributed by atoms with E-state index in [-0.39, 0.29) is 11.9 Å². The zero-order valence-electron chi connectivity index (χ0n) is 13.6. The van der Waals surface area contributed by atoms with Gasteiger partial charge in [0.15, 0.2) is 0 Å². The fraction of sp³-hybridized carbons (Fsp3) is 0.500. The quantitative estimate of drug-likeness (QED) is 0.511. The van der Waals surface area contributed by atoms with Crippen molar-refractivity contribution < 1.29 is 29.1 Å². The molecule has 0 bridgehead atoms. The summed E-state index contributed by atoms with van der Waals surface area (Å²) in [5, 5.41) is 21.0. The third-order valence-electron chi connectivity index (χ3n) is 2.77. The number of alkyl carbamates (subject to hydrolysis) is 1. The van der Waals surface area contributed by atoms with Crippen LogP contribution >= 0.6 is 0 Å².